The molecule has 0 saturated heterocycles. The molecule has 0 aromatic heterocycles. The highest BCUT2D eigenvalue weighted by Gasteiger charge is 2.13. The number of nitrogens with one attached hydrogen (secondary N) is 1. The second-order valence-corrected chi connectivity index (χ2v) is 4.39. The maximum atomic E-state index is 11.7. The van der Waals surface area contributed by atoms with Gasteiger partial charge in [0.1, 0.15) is 0 Å². The maximum absolute atomic E-state index is 11.7. The number of rotatable bonds is 6. The summed E-state index contributed by atoms with van der Waals surface area (Å²) in [6, 6.07) is 9.34. The van der Waals surface area contributed by atoms with E-state index in [9.17, 15) is 4.79 Å². The Morgan fingerprint density at radius 1 is 1.35 bits per heavy atom. The van der Waals surface area contributed by atoms with Crippen LogP contribution in [0.15, 0.2) is 30.3 Å². The van der Waals surface area contributed by atoms with E-state index >= 15 is 0 Å². The standard InChI is InChI=1S/C13H21N3O/c1-16(2)9-8-15-13(17)12(14)10-11-6-4-3-5-7-11/h3-7,12H,8-10,14H2,1-2H3,(H,15,17). The van der Waals surface area contributed by atoms with Crippen LogP contribution >= 0.6 is 0 Å². The van der Waals surface area contributed by atoms with Crippen LogP contribution in [0.3, 0.4) is 0 Å². The number of nitrogens with two attached hydrogens (primary N) is 1. The van der Waals surface area contributed by atoms with Gasteiger partial charge in [-0.05, 0) is 26.1 Å². The quantitative estimate of drug-likeness (QED) is 0.742. The third-order valence-electron chi connectivity index (χ3n) is 2.49. The third kappa shape index (κ3) is 5.47. The zero-order valence-electron chi connectivity index (χ0n) is 10.5. The topological polar surface area (TPSA) is 58.4 Å². The monoisotopic (exact) mass is 235 g/mol. The number of nitrogens with zero attached hydrogens (tertiary/aromatic N) is 1. The Bertz CT molecular complexity index is 338. The minimum Gasteiger partial charge on any atom is -0.353 e. The lowest BCUT2D eigenvalue weighted by atomic mass is 10.1. The number of amides is 1. The summed E-state index contributed by atoms with van der Waals surface area (Å²) in [6.45, 7) is 1.46. The van der Waals surface area contributed by atoms with E-state index < -0.39 is 6.04 Å². The highest BCUT2D eigenvalue weighted by Crippen LogP contribution is 2.01. The molecule has 0 saturated carbocycles. The second-order valence-electron chi connectivity index (χ2n) is 4.39. The van der Waals surface area contributed by atoms with Crippen molar-refractivity contribution in [3.05, 3.63) is 35.9 Å². The molecule has 0 bridgehead atoms. The van der Waals surface area contributed by atoms with E-state index in [0.717, 1.165) is 12.1 Å². The smallest absolute Gasteiger partial charge is 0.237 e. The SMILES string of the molecule is CN(C)CCNC(=O)C(N)Cc1ccccc1. The van der Waals surface area contributed by atoms with Crippen LogP contribution < -0.4 is 11.1 Å². The number of carbonyl (C=O) groups excluding carboxylic acids is 1. The van der Waals surface area contributed by atoms with Crippen LogP contribution in [0.25, 0.3) is 0 Å². The Hall–Kier alpha value is -1.39. The van der Waals surface area contributed by atoms with E-state index in [1.165, 1.54) is 0 Å². The molecular weight excluding hydrogens is 214 g/mol. The van der Waals surface area contributed by atoms with Gasteiger partial charge in [-0.25, -0.2) is 0 Å². The van der Waals surface area contributed by atoms with Crippen molar-refractivity contribution in [1.82, 2.24) is 10.2 Å². The average molecular weight is 235 g/mol. The van der Waals surface area contributed by atoms with Crippen molar-refractivity contribution >= 4 is 5.91 Å². The van der Waals surface area contributed by atoms with Crippen molar-refractivity contribution in [3.8, 4) is 0 Å². The van der Waals surface area contributed by atoms with Crippen LogP contribution in [0.5, 0.6) is 0 Å². The first-order valence-electron chi connectivity index (χ1n) is 5.81. The Labute approximate surface area is 103 Å². The number of hydrogen-bond acceptors (Lipinski definition) is 3. The Balaban J connectivity index is 2.32. The number of likely N-dealkylation sites (N-methyl/N-ethyl adjacent to an activating group) is 1. The summed E-state index contributed by atoms with van der Waals surface area (Å²) < 4.78 is 0. The van der Waals surface area contributed by atoms with Crippen molar-refractivity contribution in [1.29, 1.82) is 0 Å². The molecule has 0 aliphatic rings. The van der Waals surface area contributed by atoms with Crippen LogP contribution in [0.2, 0.25) is 0 Å². The van der Waals surface area contributed by atoms with Crippen LogP contribution in [-0.2, 0) is 11.2 Å². The van der Waals surface area contributed by atoms with Gasteiger partial charge >= 0.3 is 0 Å². The van der Waals surface area contributed by atoms with Crippen molar-refractivity contribution in [2.45, 2.75) is 12.5 Å². The molecule has 94 valence electrons. The highest BCUT2D eigenvalue weighted by atomic mass is 16.2. The summed E-state index contributed by atoms with van der Waals surface area (Å²) >= 11 is 0. The van der Waals surface area contributed by atoms with Crippen molar-refractivity contribution in [2.75, 3.05) is 27.2 Å². The van der Waals surface area contributed by atoms with Gasteiger partial charge in [-0.15, -0.1) is 0 Å². The lowest BCUT2D eigenvalue weighted by molar-refractivity contribution is -0.122. The fraction of sp³-hybridized carbons (Fsp3) is 0.462. The summed E-state index contributed by atoms with van der Waals surface area (Å²) in [5.74, 6) is -0.0873. The fourth-order valence-electron chi connectivity index (χ4n) is 1.49. The Morgan fingerprint density at radius 3 is 2.59 bits per heavy atom. The first kappa shape index (κ1) is 13.7. The van der Waals surface area contributed by atoms with E-state index in [0.29, 0.717) is 13.0 Å². The second kappa shape index (κ2) is 7.04. The summed E-state index contributed by atoms with van der Waals surface area (Å²) in [5, 5.41) is 2.83. The molecule has 0 heterocycles. The minimum absolute atomic E-state index is 0.0873. The van der Waals surface area contributed by atoms with Crippen molar-refractivity contribution in [2.24, 2.45) is 5.73 Å². The van der Waals surface area contributed by atoms with E-state index in [4.69, 9.17) is 5.73 Å². The van der Waals surface area contributed by atoms with Crippen molar-refractivity contribution < 1.29 is 4.79 Å². The van der Waals surface area contributed by atoms with Gasteiger partial charge in [0.05, 0.1) is 6.04 Å². The van der Waals surface area contributed by atoms with Gasteiger partial charge in [0, 0.05) is 13.1 Å². The highest BCUT2D eigenvalue weighted by molar-refractivity contribution is 5.81. The zero-order valence-corrected chi connectivity index (χ0v) is 10.5. The maximum Gasteiger partial charge on any atom is 0.237 e. The average Bonchev–Trinajstić information content (AvgIpc) is 2.29. The summed E-state index contributed by atoms with van der Waals surface area (Å²) in [5.41, 5.74) is 6.93. The molecular formula is C13H21N3O. The summed E-state index contributed by atoms with van der Waals surface area (Å²) in [7, 11) is 3.94. The molecule has 4 nitrogen and oxygen atoms in total. The molecule has 4 heteroatoms. The fourth-order valence-corrected chi connectivity index (χ4v) is 1.49. The van der Waals surface area contributed by atoms with Crippen LogP contribution in [0, 0.1) is 0 Å². The van der Waals surface area contributed by atoms with Gasteiger partial charge in [0.2, 0.25) is 5.91 Å². The van der Waals surface area contributed by atoms with Crippen LogP contribution in [0.4, 0.5) is 0 Å². The van der Waals surface area contributed by atoms with Crippen LogP contribution in [-0.4, -0.2) is 44.0 Å². The number of benzene rings is 1. The molecule has 1 unspecified atom stereocenters. The van der Waals surface area contributed by atoms with E-state index in [2.05, 4.69) is 5.32 Å². The molecule has 1 atom stereocenters. The molecule has 1 rings (SSSR count). The summed E-state index contributed by atoms with van der Waals surface area (Å²) in [4.78, 5) is 13.7. The van der Waals surface area contributed by atoms with E-state index in [-0.39, 0.29) is 5.91 Å². The molecule has 0 fully saturated rings. The van der Waals surface area contributed by atoms with E-state index in [1.807, 2.05) is 49.3 Å². The largest absolute Gasteiger partial charge is 0.353 e. The Morgan fingerprint density at radius 2 is 2.00 bits per heavy atom. The number of carbonyl (C=O) groups is 1. The van der Waals surface area contributed by atoms with Gasteiger partial charge in [0.15, 0.2) is 0 Å². The first-order valence-corrected chi connectivity index (χ1v) is 5.81. The van der Waals surface area contributed by atoms with Gasteiger partial charge in [0.25, 0.3) is 0 Å². The molecule has 0 aliphatic heterocycles. The lowest BCUT2D eigenvalue weighted by Gasteiger charge is -2.14. The van der Waals surface area contributed by atoms with Gasteiger partial charge < -0.3 is 16.0 Å². The van der Waals surface area contributed by atoms with E-state index in [1.54, 1.807) is 0 Å². The van der Waals surface area contributed by atoms with Gasteiger partial charge in [-0.1, -0.05) is 30.3 Å². The number of hydrogen-bond donors (Lipinski definition) is 2. The molecule has 17 heavy (non-hydrogen) atoms. The molecule has 1 aromatic carbocycles. The third-order valence-corrected chi connectivity index (χ3v) is 2.49. The predicted octanol–water partition coefficient (Wildman–Crippen LogP) is 0.234. The van der Waals surface area contributed by atoms with Gasteiger partial charge in [-0.2, -0.15) is 0 Å². The molecule has 0 aliphatic carbocycles. The summed E-state index contributed by atoms with van der Waals surface area (Å²) in [6.07, 6.45) is 0.578. The Kier molecular flexibility index (Phi) is 5.66. The zero-order chi connectivity index (χ0) is 12.7. The van der Waals surface area contributed by atoms with Gasteiger partial charge in [-0.3, -0.25) is 4.79 Å². The normalized spacial score (nSPS) is 12.5. The molecule has 0 spiro atoms. The minimum atomic E-state index is -0.473. The predicted molar refractivity (Wildman–Crippen MR) is 69.7 cm³/mol. The molecule has 0 radical (unpaired) electrons. The van der Waals surface area contributed by atoms with Crippen LogP contribution in [0.1, 0.15) is 5.56 Å². The molecule has 3 N–H and O–H groups in total. The molecule has 1 amide bonds. The first-order chi connectivity index (χ1) is 8.09. The van der Waals surface area contributed by atoms with Crippen molar-refractivity contribution in [3.63, 3.8) is 0 Å². The lowest BCUT2D eigenvalue weighted by Crippen LogP contribution is -2.44. The molecule has 1 aromatic rings.